The van der Waals surface area contributed by atoms with Gasteiger partial charge in [0.05, 0.1) is 23.6 Å². The maximum absolute atomic E-state index is 14.5. The van der Waals surface area contributed by atoms with Gasteiger partial charge in [-0.15, -0.1) is 0 Å². The van der Waals surface area contributed by atoms with E-state index in [1.165, 1.54) is 12.0 Å². The van der Waals surface area contributed by atoms with Crippen LogP contribution in [0.2, 0.25) is 0 Å². The number of hydrogen-bond donors (Lipinski definition) is 4. The summed E-state index contributed by atoms with van der Waals surface area (Å²) in [5.41, 5.74) is 1.27. The van der Waals surface area contributed by atoms with Crippen molar-refractivity contribution in [3.05, 3.63) is 47.6 Å². The summed E-state index contributed by atoms with van der Waals surface area (Å²) in [6, 6.07) is -1.83. The number of allylic oxidation sites excluding steroid dienone is 6. The number of esters is 1. The molecule has 2 saturated heterocycles. The quantitative estimate of drug-likeness (QED) is 0.108. The predicted octanol–water partition coefficient (Wildman–Crippen LogP) is 7.22. The molecule has 402 valence electrons. The molecular formula is C55H88N2O13S. The second-order valence-electron chi connectivity index (χ2n) is 22.1. The molecule has 5 aliphatic rings. The highest BCUT2D eigenvalue weighted by Gasteiger charge is 2.53. The Hall–Kier alpha value is -3.09. The monoisotopic (exact) mass is 1020 g/mol. The fraction of sp³-hybridized carbons (Fsp3) is 0.782. The van der Waals surface area contributed by atoms with Crippen molar-refractivity contribution < 1.29 is 61.9 Å². The van der Waals surface area contributed by atoms with E-state index in [1.54, 1.807) is 27.0 Å². The number of hydrogen-bond acceptors (Lipinski definition) is 13. The minimum atomic E-state index is -3.76. The van der Waals surface area contributed by atoms with Crippen LogP contribution in [0.3, 0.4) is 0 Å². The number of aliphatic hydroxyl groups is 3. The number of ether oxygens (including phenoxy) is 4. The number of nitrogens with zero attached hydrogens (tertiary/aromatic N) is 1. The molecule has 1 amide bonds. The van der Waals surface area contributed by atoms with E-state index in [0.717, 1.165) is 19.3 Å². The zero-order chi connectivity index (χ0) is 52.2. The van der Waals surface area contributed by atoms with Crippen molar-refractivity contribution in [1.82, 2.24) is 9.62 Å². The first-order chi connectivity index (χ1) is 33.6. The molecule has 0 unspecified atom stereocenters. The number of nitrogens with one attached hydrogen (secondary N) is 1. The first-order valence-corrected chi connectivity index (χ1v) is 28.3. The van der Waals surface area contributed by atoms with Crippen molar-refractivity contribution in [3.8, 4) is 0 Å². The number of carbonyl (C=O) groups excluding carboxylic acids is 4. The van der Waals surface area contributed by atoms with Crippen molar-refractivity contribution in [2.24, 2.45) is 35.5 Å². The number of cyclic esters (lactones) is 1. The molecule has 0 aromatic rings. The van der Waals surface area contributed by atoms with Crippen molar-refractivity contribution in [3.63, 3.8) is 0 Å². The van der Waals surface area contributed by atoms with Crippen molar-refractivity contribution >= 4 is 33.5 Å². The van der Waals surface area contributed by atoms with Crippen LogP contribution in [0.15, 0.2) is 47.6 Å². The normalized spacial score (nSPS) is 39.6. The lowest BCUT2D eigenvalue weighted by Gasteiger charge is -2.43. The number of sulfonamides is 1. The fourth-order valence-electron chi connectivity index (χ4n) is 11.7. The topological polar surface area (TPSA) is 215 Å². The number of Topliss-reactive ketones (excluding diaryl/α,β-unsaturated/α-hetero) is 2. The summed E-state index contributed by atoms with van der Waals surface area (Å²) >= 11 is 0. The molecule has 0 aromatic heterocycles. The lowest BCUT2D eigenvalue weighted by atomic mass is 9.78. The molecule has 0 radical (unpaired) electrons. The first-order valence-electron chi connectivity index (χ1n) is 26.7. The maximum Gasteiger partial charge on any atom is 0.329 e. The van der Waals surface area contributed by atoms with Crippen LogP contribution < -0.4 is 4.72 Å². The maximum atomic E-state index is 14.5. The number of rotatable bonds is 8. The van der Waals surface area contributed by atoms with E-state index in [-0.39, 0.29) is 54.9 Å². The Kier molecular flexibility index (Phi) is 22.3. The number of aliphatic hydroxyl groups excluding tert-OH is 2. The average Bonchev–Trinajstić information content (AvgIpc) is 3.90. The van der Waals surface area contributed by atoms with Crippen molar-refractivity contribution in [1.29, 1.82) is 0 Å². The van der Waals surface area contributed by atoms with E-state index < -0.39 is 93.2 Å². The fourth-order valence-corrected chi connectivity index (χ4v) is 13.5. The Balaban J connectivity index is 1.48. The summed E-state index contributed by atoms with van der Waals surface area (Å²) in [4.78, 5) is 58.4. The van der Waals surface area contributed by atoms with Gasteiger partial charge in [-0.25, -0.2) is 17.9 Å². The number of piperidine rings is 1. The van der Waals surface area contributed by atoms with Gasteiger partial charge in [-0.1, -0.05) is 89.5 Å². The molecule has 3 aliphatic heterocycles. The summed E-state index contributed by atoms with van der Waals surface area (Å²) in [7, 11) is -0.732. The Morgan fingerprint density at radius 3 is 2.21 bits per heavy atom. The smallest absolute Gasteiger partial charge is 0.329 e. The Bertz CT molecular complexity index is 2030. The predicted molar refractivity (Wildman–Crippen MR) is 272 cm³/mol. The Morgan fingerprint density at radius 1 is 0.817 bits per heavy atom. The number of fused-ring (bicyclic) bond motifs is 3. The molecule has 4 fully saturated rings. The summed E-state index contributed by atoms with van der Waals surface area (Å²) in [5.74, 6) is -6.79. The number of carbonyl (C=O) groups is 4. The molecule has 71 heavy (non-hydrogen) atoms. The van der Waals surface area contributed by atoms with Crippen LogP contribution in [0.5, 0.6) is 0 Å². The minimum Gasteiger partial charge on any atom is -0.461 e. The number of amides is 1. The third kappa shape index (κ3) is 15.7. The lowest BCUT2D eigenvalue weighted by molar-refractivity contribution is -0.264. The van der Waals surface area contributed by atoms with Crippen LogP contribution in [0.1, 0.15) is 158 Å². The summed E-state index contributed by atoms with van der Waals surface area (Å²) in [6.07, 6.45) is 16.0. The van der Waals surface area contributed by atoms with Gasteiger partial charge in [-0.3, -0.25) is 14.4 Å². The third-order valence-electron chi connectivity index (χ3n) is 16.3. The Morgan fingerprint density at radius 2 is 1.52 bits per heavy atom. The number of ketones is 2. The molecule has 0 spiro atoms. The highest BCUT2D eigenvalue weighted by molar-refractivity contribution is 7.90. The third-order valence-corrected chi connectivity index (χ3v) is 18.3. The van der Waals surface area contributed by atoms with Gasteiger partial charge >= 0.3 is 5.97 Å². The van der Waals surface area contributed by atoms with E-state index >= 15 is 0 Å². The van der Waals surface area contributed by atoms with Crippen LogP contribution in [0, 0.1) is 35.5 Å². The molecule has 5 rings (SSSR count). The molecule has 4 N–H and O–H groups in total. The molecular weight excluding hydrogens is 929 g/mol. The molecule has 16 heteroatoms. The standard InChI is InChI=1S/C55H88N2O13S/c1-34-17-11-10-12-18-36(3)44(56-71(65,66)43-19-13-14-20-43)33-42-25-23-40(7)55(64,70-42)52(61)53(62)57-28-16-15-21-45(57)54(63)69-47(37(4)31-41-24-26-46(58)48(32-41)67-8)27-22-35(2)30-39(6)50(60)51(68-9)49(59)38(5)29-34/h10-12,17-18,30,34-35,37-38,40-48,50-51,56,58,60,64H,13-16,19-29,31-33H2,1-9H3/b12-10+,17-11+,36-18+,39-30+/t34-,35+,37-,38-,40-,41+,42+,44-,45+,46-,47+,48-,50-,51+,55-/m1/s1. The zero-order valence-corrected chi connectivity index (χ0v) is 44.9. The molecule has 15 atom stereocenters. The van der Waals surface area contributed by atoms with Gasteiger partial charge in [0.15, 0.2) is 5.78 Å². The van der Waals surface area contributed by atoms with E-state index in [1.807, 2.05) is 65.0 Å². The summed E-state index contributed by atoms with van der Waals surface area (Å²) in [5, 5.41) is 33.7. The van der Waals surface area contributed by atoms with Crippen LogP contribution in [-0.2, 0) is 48.1 Å². The van der Waals surface area contributed by atoms with E-state index in [4.69, 9.17) is 18.9 Å². The Labute approximate surface area is 424 Å². The molecule has 0 aromatic carbocycles. The second-order valence-corrected chi connectivity index (χ2v) is 24.1. The van der Waals surface area contributed by atoms with Crippen molar-refractivity contribution in [2.75, 3.05) is 20.8 Å². The van der Waals surface area contributed by atoms with E-state index in [0.29, 0.717) is 88.2 Å². The van der Waals surface area contributed by atoms with Crippen molar-refractivity contribution in [2.45, 2.75) is 217 Å². The highest BCUT2D eigenvalue weighted by atomic mass is 32.2. The lowest BCUT2D eigenvalue weighted by Crippen LogP contribution is -2.61. The van der Waals surface area contributed by atoms with E-state index in [2.05, 4.69) is 4.72 Å². The van der Waals surface area contributed by atoms with Gasteiger partial charge in [-0.2, -0.15) is 0 Å². The van der Waals surface area contributed by atoms with Crippen LogP contribution >= 0.6 is 0 Å². The van der Waals surface area contributed by atoms with Gasteiger partial charge in [0.1, 0.15) is 24.4 Å². The first kappa shape index (κ1) is 58.8. The van der Waals surface area contributed by atoms with Gasteiger partial charge in [-0.05, 0) is 139 Å². The van der Waals surface area contributed by atoms with Gasteiger partial charge in [0, 0.05) is 38.6 Å². The summed E-state index contributed by atoms with van der Waals surface area (Å²) < 4.78 is 54.4. The van der Waals surface area contributed by atoms with Crippen LogP contribution in [0.4, 0.5) is 0 Å². The van der Waals surface area contributed by atoms with Gasteiger partial charge in [0.25, 0.3) is 11.7 Å². The molecule has 3 heterocycles. The SMILES string of the molecule is CO[C@@H]1C[C@H](C[C@@H](C)[C@@H]2CC[C@H](C)/C=C(\C)[C@@H](O)[C@@H](OC)C(=O)[C@H](C)C[C@H](C)/C=C/C=C/C=C(\C)[C@H](NS(=O)(=O)C3CCCC3)C[C@@H]3CC[C@@H](C)[C@@](O)(O3)C(=O)C(=O)N3CCCC[C@H]3C(=O)O2)CC[C@H]1O. The molecule has 15 nitrogen and oxygen atoms in total. The van der Waals surface area contributed by atoms with Gasteiger partial charge < -0.3 is 39.2 Å². The van der Waals surface area contributed by atoms with Gasteiger partial charge in [0.2, 0.25) is 15.8 Å². The largest absolute Gasteiger partial charge is 0.461 e. The van der Waals surface area contributed by atoms with Crippen LogP contribution in [0.25, 0.3) is 0 Å². The number of methoxy groups -OCH3 is 2. The zero-order valence-electron chi connectivity index (χ0n) is 44.1. The summed E-state index contributed by atoms with van der Waals surface area (Å²) in [6.45, 7) is 13.2. The molecule has 2 bridgehead atoms. The molecule has 2 aliphatic carbocycles. The van der Waals surface area contributed by atoms with E-state index in [9.17, 15) is 42.9 Å². The second kappa shape index (κ2) is 26.9. The minimum absolute atomic E-state index is 0.00696. The molecule has 2 saturated carbocycles. The average molecular weight is 1020 g/mol. The van der Waals surface area contributed by atoms with Crippen LogP contribution in [-0.4, -0.2) is 133 Å². The highest BCUT2D eigenvalue weighted by Crippen LogP contribution is 2.38.